The fourth-order valence-electron chi connectivity index (χ4n) is 2.61. The molecule has 1 aliphatic carbocycles. The predicted molar refractivity (Wildman–Crippen MR) is 74.8 cm³/mol. The van der Waals surface area contributed by atoms with Crippen molar-refractivity contribution in [3.05, 3.63) is 29.8 Å². The number of methoxy groups -OCH3 is 1. The quantitative estimate of drug-likeness (QED) is 0.626. The summed E-state index contributed by atoms with van der Waals surface area (Å²) in [7, 11) is 1.67. The predicted octanol–water partition coefficient (Wildman–Crippen LogP) is 3.50. The minimum atomic E-state index is -0.311. The van der Waals surface area contributed by atoms with E-state index in [1.807, 2.05) is 12.1 Å². The highest BCUT2D eigenvalue weighted by atomic mass is 35.5. The summed E-state index contributed by atoms with van der Waals surface area (Å²) in [6.07, 6.45) is 3.97. The number of rotatable bonds is 4. The van der Waals surface area contributed by atoms with Crippen molar-refractivity contribution in [2.75, 3.05) is 13.0 Å². The molecule has 19 heavy (non-hydrogen) atoms. The van der Waals surface area contributed by atoms with Crippen LogP contribution in [0.4, 0.5) is 0 Å². The molecule has 0 atom stereocenters. The van der Waals surface area contributed by atoms with Crippen LogP contribution in [0.15, 0.2) is 24.3 Å². The highest BCUT2D eigenvalue weighted by molar-refractivity contribution is 6.26. The molecule has 3 nitrogen and oxygen atoms in total. The summed E-state index contributed by atoms with van der Waals surface area (Å²) in [6.45, 7) is 0. The number of ether oxygens (including phenoxy) is 2. The maximum absolute atomic E-state index is 11.1. The molecule has 0 N–H and O–H groups in total. The normalized spacial score (nSPS) is 22.8. The molecule has 0 amide bonds. The van der Waals surface area contributed by atoms with Crippen LogP contribution in [0.2, 0.25) is 0 Å². The summed E-state index contributed by atoms with van der Waals surface area (Å²) in [5.74, 6) is 1.07. The second-order valence-corrected chi connectivity index (χ2v) is 5.14. The summed E-state index contributed by atoms with van der Waals surface area (Å²) in [5, 5.41) is 0. The Labute approximate surface area is 118 Å². The Bertz CT molecular complexity index is 408. The van der Waals surface area contributed by atoms with Crippen molar-refractivity contribution in [2.45, 2.75) is 37.7 Å². The van der Waals surface area contributed by atoms with Gasteiger partial charge in [-0.3, -0.25) is 4.79 Å². The lowest BCUT2D eigenvalue weighted by Crippen LogP contribution is -2.24. The minimum absolute atomic E-state index is 0.0424. The van der Waals surface area contributed by atoms with E-state index in [0.717, 1.165) is 31.4 Å². The molecule has 4 heteroatoms. The SMILES string of the molecule is COc1ccc(C2CCC(OC(=O)CCl)CC2)cc1. The zero-order valence-corrected chi connectivity index (χ0v) is 11.9. The Morgan fingerprint density at radius 3 is 2.37 bits per heavy atom. The second kappa shape index (κ2) is 6.80. The standard InChI is InChI=1S/C15H19ClO3/c1-18-13-6-2-11(3-7-13)12-4-8-14(9-5-12)19-15(17)10-16/h2-3,6-7,12,14H,4-5,8-10H2,1H3. The molecular weight excluding hydrogens is 264 g/mol. The number of esters is 1. The first kappa shape index (κ1) is 14.2. The van der Waals surface area contributed by atoms with Gasteiger partial charge in [0.2, 0.25) is 0 Å². The van der Waals surface area contributed by atoms with Crippen LogP contribution in [0.1, 0.15) is 37.2 Å². The number of benzene rings is 1. The lowest BCUT2D eigenvalue weighted by atomic mass is 9.83. The monoisotopic (exact) mass is 282 g/mol. The van der Waals surface area contributed by atoms with Crippen LogP contribution in [0, 0.1) is 0 Å². The maximum Gasteiger partial charge on any atom is 0.321 e. The van der Waals surface area contributed by atoms with Crippen molar-refractivity contribution in [3.8, 4) is 5.75 Å². The number of hydrogen-bond acceptors (Lipinski definition) is 3. The molecule has 1 fully saturated rings. The van der Waals surface area contributed by atoms with Crippen molar-refractivity contribution in [3.63, 3.8) is 0 Å². The third kappa shape index (κ3) is 3.87. The van der Waals surface area contributed by atoms with Gasteiger partial charge in [0.1, 0.15) is 17.7 Å². The summed E-state index contributed by atoms with van der Waals surface area (Å²) < 4.78 is 10.4. The fraction of sp³-hybridized carbons (Fsp3) is 0.533. The Balaban J connectivity index is 1.86. The Hall–Kier alpha value is -1.22. The molecule has 104 valence electrons. The lowest BCUT2D eigenvalue weighted by Gasteiger charge is -2.28. The smallest absolute Gasteiger partial charge is 0.321 e. The molecule has 2 rings (SSSR count). The first-order chi connectivity index (χ1) is 9.22. The van der Waals surface area contributed by atoms with Gasteiger partial charge in [0, 0.05) is 0 Å². The summed E-state index contributed by atoms with van der Waals surface area (Å²) in [5.41, 5.74) is 1.34. The van der Waals surface area contributed by atoms with Crippen LogP contribution in [0.3, 0.4) is 0 Å². The second-order valence-electron chi connectivity index (χ2n) is 4.87. The van der Waals surface area contributed by atoms with Crippen LogP contribution in [-0.4, -0.2) is 25.1 Å². The molecule has 0 heterocycles. The Kier molecular flexibility index (Phi) is 5.08. The molecule has 1 aromatic rings. The first-order valence-corrected chi connectivity index (χ1v) is 7.15. The van der Waals surface area contributed by atoms with Gasteiger partial charge in [0.25, 0.3) is 0 Å². The highest BCUT2D eigenvalue weighted by Gasteiger charge is 2.24. The summed E-state index contributed by atoms with van der Waals surface area (Å²) in [4.78, 5) is 11.1. The minimum Gasteiger partial charge on any atom is -0.497 e. The van der Waals surface area contributed by atoms with E-state index in [1.54, 1.807) is 7.11 Å². The number of alkyl halides is 1. The van der Waals surface area contributed by atoms with E-state index in [1.165, 1.54) is 5.56 Å². The number of carbonyl (C=O) groups is 1. The van der Waals surface area contributed by atoms with Crippen molar-refractivity contribution in [2.24, 2.45) is 0 Å². The van der Waals surface area contributed by atoms with Crippen LogP contribution in [-0.2, 0) is 9.53 Å². The molecule has 1 aromatic carbocycles. The molecule has 0 aliphatic heterocycles. The van der Waals surface area contributed by atoms with Crippen LogP contribution in [0.25, 0.3) is 0 Å². The van der Waals surface area contributed by atoms with Gasteiger partial charge in [-0.05, 0) is 49.3 Å². The van der Waals surface area contributed by atoms with E-state index in [-0.39, 0.29) is 18.0 Å². The molecule has 0 unspecified atom stereocenters. The summed E-state index contributed by atoms with van der Waals surface area (Å²) in [6, 6.07) is 8.23. The van der Waals surface area contributed by atoms with Gasteiger partial charge in [-0.25, -0.2) is 0 Å². The van der Waals surface area contributed by atoms with Crippen LogP contribution in [0.5, 0.6) is 5.75 Å². The van der Waals surface area contributed by atoms with Gasteiger partial charge in [-0.15, -0.1) is 11.6 Å². The zero-order chi connectivity index (χ0) is 13.7. The third-order valence-corrected chi connectivity index (χ3v) is 3.89. The van der Waals surface area contributed by atoms with Gasteiger partial charge in [-0.2, -0.15) is 0 Å². The van der Waals surface area contributed by atoms with E-state index in [2.05, 4.69) is 12.1 Å². The van der Waals surface area contributed by atoms with E-state index < -0.39 is 0 Å². The van der Waals surface area contributed by atoms with Crippen molar-refractivity contribution in [1.29, 1.82) is 0 Å². The Morgan fingerprint density at radius 1 is 1.21 bits per heavy atom. The van der Waals surface area contributed by atoms with E-state index in [0.29, 0.717) is 5.92 Å². The highest BCUT2D eigenvalue weighted by Crippen LogP contribution is 2.34. The third-order valence-electron chi connectivity index (χ3n) is 3.67. The van der Waals surface area contributed by atoms with Gasteiger partial charge < -0.3 is 9.47 Å². The molecular formula is C15H19ClO3. The largest absolute Gasteiger partial charge is 0.497 e. The first-order valence-electron chi connectivity index (χ1n) is 6.62. The molecule has 0 bridgehead atoms. The molecule has 1 aliphatic rings. The van der Waals surface area contributed by atoms with Gasteiger partial charge in [-0.1, -0.05) is 12.1 Å². The Morgan fingerprint density at radius 2 is 1.84 bits per heavy atom. The average Bonchev–Trinajstić information content (AvgIpc) is 2.48. The van der Waals surface area contributed by atoms with Crippen LogP contribution >= 0.6 is 11.6 Å². The molecule has 0 saturated heterocycles. The molecule has 0 aromatic heterocycles. The maximum atomic E-state index is 11.1. The molecule has 1 saturated carbocycles. The molecule has 0 radical (unpaired) electrons. The van der Waals surface area contributed by atoms with Crippen molar-refractivity contribution >= 4 is 17.6 Å². The number of hydrogen-bond donors (Lipinski definition) is 0. The summed E-state index contributed by atoms with van der Waals surface area (Å²) >= 11 is 5.44. The number of carbonyl (C=O) groups excluding carboxylic acids is 1. The van der Waals surface area contributed by atoms with E-state index in [4.69, 9.17) is 21.1 Å². The van der Waals surface area contributed by atoms with Gasteiger partial charge in [0.15, 0.2) is 0 Å². The lowest BCUT2D eigenvalue weighted by molar-refractivity contribution is -0.147. The van der Waals surface area contributed by atoms with Crippen LogP contribution < -0.4 is 4.74 Å². The number of halogens is 1. The topological polar surface area (TPSA) is 35.5 Å². The van der Waals surface area contributed by atoms with Gasteiger partial charge >= 0.3 is 5.97 Å². The zero-order valence-electron chi connectivity index (χ0n) is 11.1. The average molecular weight is 283 g/mol. The van der Waals surface area contributed by atoms with Crippen molar-refractivity contribution < 1.29 is 14.3 Å². The van der Waals surface area contributed by atoms with E-state index in [9.17, 15) is 4.79 Å². The fourth-order valence-corrected chi connectivity index (χ4v) is 2.67. The molecule has 0 spiro atoms. The van der Waals surface area contributed by atoms with Gasteiger partial charge in [0.05, 0.1) is 7.11 Å². The van der Waals surface area contributed by atoms with Crippen molar-refractivity contribution in [1.82, 2.24) is 0 Å². The van der Waals surface area contributed by atoms with E-state index >= 15 is 0 Å².